The van der Waals surface area contributed by atoms with Crippen LogP contribution in [0.15, 0.2) is 60.7 Å². The number of aliphatic hydroxyl groups is 2. The minimum atomic E-state index is -2.61. The second-order valence-corrected chi connectivity index (χ2v) is 13.2. The van der Waals surface area contributed by atoms with Crippen LogP contribution in [-0.2, 0) is 13.9 Å². The van der Waals surface area contributed by atoms with E-state index < -0.39 is 20.7 Å². The summed E-state index contributed by atoms with van der Waals surface area (Å²) in [6.45, 7) is 7.05. The van der Waals surface area contributed by atoms with E-state index in [-0.39, 0.29) is 23.7 Å². The number of benzene rings is 2. The second kappa shape index (κ2) is 9.72. The van der Waals surface area contributed by atoms with Gasteiger partial charge in [0.1, 0.15) is 6.10 Å². The molecule has 0 spiro atoms. The average molecular weight is 431 g/mol. The molecule has 0 bridgehead atoms. The summed E-state index contributed by atoms with van der Waals surface area (Å²) < 4.78 is 17.9. The smallest absolute Gasteiger partial charge is 0.261 e. The zero-order chi connectivity index (χ0) is 21.8. The highest BCUT2D eigenvalue weighted by Crippen LogP contribution is 2.37. The fraction of sp³-hybridized carbons (Fsp3) is 0.500. The third kappa shape index (κ3) is 4.40. The minimum absolute atomic E-state index is 0.100. The van der Waals surface area contributed by atoms with Gasteiger partial charge in [-0.3, -0.25) is 0 Å². The van der Waals surface area contributed by atoms with Crippen molar-refractivity contribution in [3.05, 3.63) is 60.7 Å². The lowest BCUT2D eigenvalue weighted by molar-refractivity contribution is -0.149. The molecule has 1 aliphatic heterocycles. The minimum Gasteiger partial charge on any atom is -0.407 e. The van der Waals surface area contributed by atoms with Crippen LogP contribution in [0.2, 0.25) is 5.04 Å². The molecule has 0 aromatic heterocycles. The average Bonchev–Trinajstić information content (AvgIpc) is 3.06. The molecule has 0 amide bonds. The monoisotopic (exact) mass is 430 g/mol. The van der Waals surface area contributed by atoms with Crippen LogP contribution in [0, 0.1) is 5.92 Å². The molecular formula is C24H34O5Si. The first-order valence-electron chi connectivity index (χ1n) is 10.6. The maximum absolute atomic E-state index is 10.3. The fourth-order valence-corrected chi connectivity index (χ4v) is 9.15. The lowest BCUT2D eigenvalue weighted by atomic mass is 9.97. The van der Waals surface area contributed by atoms with E-state index in [2.05, 4.69) is 69.3 Å². The molecule has 1 heterocycles. The van der Waals surface area contributed by atoms with E-state index in [9.17, 15) is 10.2 Å². The van der Waals surface area contributed by atoms with Crippen molar-refractivity contribution in [3.63, 3.8) is 0 Å². The Balaban J connectivity index is 1.89. The van der Waals surface area contributed by atoms with Crippen molar-refractivity contribution in [2.75, 3.05) is 20.3 Å². The number of ether oxygens (including phenoxy) is 2. The van der Waals surface area contributed by atoms with Gasteiger partial charge in [0, 0.05) is 19.6 Å². The van der Waals surface area contributed by atoms with Crippen LogP contribution in [0.3, 0.4) is 0 Å². The molecule has 0 saturated carbocycles. The van der Waals surface area contributed by atoms with Crippen LogP contribution in [0.4, 0.5) is 0 Å². The summed E-state index contributed by atoms with van der Waals surface area (Å²) in [4.78, 5) is 0. The molecule has 1 fully saturated rings. The van der Waals surface area contributed by atoms with Gasteiger partial charge in [-0.1, -0.05) is 81.4 Å². The molecule has 30 heavy (non-hydrogen) atoms. The molecule has 2 aromatic rings. The van der Waals surface area contributed by atoms with Crippen LogP contribution in [-0.4, -0.2) is 57.4 Å². The van der Waals surface area contributed by atoms with Crippen molar-refractivity contribution in [1.82, 2.24) is 0 Å². The third-order valence-corrected chi connectivity index (χ3v) is 11.1. The SMILES string of the molecule is COC1O[C@H](CCO[Si](c2ccccc2)(c2ccccc2)C(C)(C)C)[C@@H](CO)[C@H]1O. The van der Waals surface area contributed by atoms with Crippen LogP contribution in [0.25, 0.3) is 0 Å². The molecule has 2 N–H and O–H groups in total. The lowest BCUT2D eigenvalue weighted by Gasteiger charge is -2.43. The first-order valence-corrected chi connectivity index (χ1v) is 12.5. The summed E-state index contributed by atoms with van der Waals surface area (Å²) >= 11 is 0. The summed E-state index contributed by atoms with van der Waals surface area (Å²) in [6, 6.07) is 21.0. The Morgan fingerprint density at radius 3 is 1.93 bits per heavy atom. The van der Waals surface area contributed by atoms with Gasteiger partial charge < -0.3 is 24.1 Å². The number of rotatable bonds is 8. The number of hydrogen-bond acceptors (Lipinski definition) is 5. The van der Waals surface area contributed by atoms with Crippen molar-refractivity contribution in [1.29, 1.82) is 0 Å². The summed E-state index contributed by atoms with van der Waals surface area (Å²) in [5.41, 5.74) is 0. The predicted molar refractivity (Wildman–Crippen MR) is 120 cm³/mol. The molecule has 1 saturated heterocycles. The van der Waals surface area contributed by atoms with Crippen molar-refractivity contribution in [2.45, 2.75) is 50.7 Å². The lowest BCUT2D eigenvalue weighted by Crippen LogP contribution is -2.66. The van der Waals surface area contributed by atoms with Gasteiger partial charge in [-0.15, -0.1) is 0 Å². The van der Waals surface area contributed by atoms with E-state index in [1.54, 1.807) is 0 Å². The number of hydrogen-bond donors (Lipinski definition) is 2. The van der Waals surface area contributed by atoms with E-state index in [1.165, 1.54) is 17.5 Å². The van der Waals surface area contributed by atoms with E-state index >= 15 is 0 Å². The molecular weight excluding hydrogens is 396 g/mol. The topological polar surface area (TPSA) is 68.2 Å². The van der Waals surface area contributed by atoms with Crippen LogP contribution in [0.1, 0.15) is 27.2 Å². The van der Waals surface area contributed by atoms with E-state index in [1.807, 2.05) is 12.1 Å². The van der Waals surface area contributed by atoms with Gasteiger partial charge in [0.15, 0.2) is 6.29 Å². The Morgan fingerprint density at radius 1 is 0.967 bits per heavy atom. The maximum Gasteiger partial charge on any atom is 0.261 e. The summed E-state index contributed by atoms with van der Waals surface area (Å²) in [6.07, 6.45) is -1.28. The van der Waals surface area contributed by atoms with Gasteiger partial charge >= 0.3 is 0 Å². The molecule has 164 valence electrons. The highest BCUT2D eigenvalue weighted by Gasteiger charge is 2.50. The van der Waals surface area contributed by atoms with Crippen LogP contribution in [0.5, 0.6) is 0 Å². The van der Waals surface area contributed by atoms with Crippen LogP contribution < -0.4 is 10.4 Å². The first kappa shape index (κ1) is 23.1. The van der Waals surface area contributed by atoms with Gasteiger partial charge in [-0.05, 0) is 21.8 Å². The molecule has 1 unspecified atom stereocenters. The number of aliphatic hydroxyl groups excluding tert-OH is 2. The van der Waals surface area contributed by atoms with Gasteiger partial charge in [0.25, 0.3) is 8.32 Å². The van der Waals surface area contributed by atoms with Gasteiger partial charge in [0.05, 0.1) is 12.7 Å². The van der Waals surface area contributed by atoms with Gasteiger partial charge in [-0.25, -0.2) is 0 Å². The molecule has 0 aliphatic carbocycles. The quantitative estimate of drug-likeness (QED) is 0.629. The Bertz CT molecular complexity index is 738. The zero-order valence-corrected chi connectivity index (χ0v) is 19.3. The first-order chi connectivity index (χ1) is 14.3. The van der Waals surface area contributed by atoms with Crippen molar-refractivity contribution < 1.29 is 24.1 Å². The van der Waals surface area contributed by atoms with E-state index in [4.69, 9.17) is 13.9 Å². The summed E-state index contributed by atoms with van der Waals surface area (Å²) in [5, 5.41) is 22.4. The predicted octanol–water partition coefficient (Wildman–Crippen LogP) is 2.29. The molecule has 2 aromatic carbocycles. The normalized spacial score (nSPS) is 24.9. The fourth-order valence-electron chi connectivity index (χ4n) is 4.57. The van der Waals surface area contributed by atoms with Crippen molar-refractivity contribution in [2.24, 2.45) is 5.92 Å². The Hall–Kier alpha value is -1.54. The molecule has 5 nitrogen and oxygen atoms in total. The molecule has 1 aliphatic rings. The molecule has 4 atom stereocenters. The third-order valence-electron chi connectivity index (χ3n) is 6.08. The van der Waals surface area contributed by atoms with Crippen LogP contribution >= 0.6 is 0 Å². The van der Waals surface area contributed by atoms with E-state index in [0.717, 1.165) is 0 Å². The summed E-state index contributed by atoms with van der Waals surface area (Å²) in [5.74, 6) is -0.377. The Kier molecular flexibility index (Phi) is 7.50. The highest BCUT2D eigenvalue weighted by atomic mass is 28.4. The summed E-state index contributed by atoms with van der Waals surface area (Å²) in [7, 11) is -1.10. The van der Waals surface area contributed by atoms with Crippen molar-refractivity contribution >= 4 is 18.7 Å². The molecule has 6 heteroatoms. The van der Waals surface area contributed by atoms with Gasteiger partial charge in [-0.2, -0.15) is 0 Å². The zero-order valence-electron chi connectivity index (χ0n) is 18.3. The second-order valence-electron chi connectivity index (χ2n) is 8.92. The maximum atomic E-state index is 10.3. The van der Waals surface area contributed by atoms with E-state index in [0.29, 0.717) is 13.0 Å². The highest BCUT2D eigenvalue weighted by molar-refractivity contribution is 6.99. The Morgan fingerprint density at radius 2 is 1.50 bits per heavy atom. The largest absolute Gasteiger partial charge is 0.407 e. The molecule has 0 radical (unpaired) electrons. The van der Waals surface area contributed by atoms with Crippen molar-refractivity contribution in [3.8, 4) is 0 Å². The Labute approximate surface area is 180 Å². The van der Waals surface area contributed by atoms with Gasteiger partial charge in [0.2, 0.25) is 0 Å². The number of methoxy groups -OCH3 is 1. The standard InChI is InChI=1S/C24H34O5Si/c1-24(2,3)30(18-11-7-5-8-12-18,19-13-9-6-10-14-19)28-16-15-21-20(17-25)22(26)23(27-4)29-21/h5-14,20-23,25-26H,15-17H2,1-4H3/t20-,21-,22-,23?/m1/s1. The molecule has 3 rings (SSSR count).